The summed E-state index contributed by atoms with van der Waals surface area (Å²) < 4.78 is 5.59. The largest absolute Gasteiger partial charge is 0.466 e. The molecule has 3 rings (SSSR count). The van der Waals surface area contributed by atoms with Gasteiger partial charge < -0.3 is 15.1 Å². The van der Waals surface area contributed by atoms with E-state index in [1.807, 2.05) is 60.9 Å². The molecule has 138 valence electrons. The molecular weight excluding hydrogens is 330 g/mol. The lowest BCUT2D eigenvalue weighted by Gasteiger charge is -2.38. The van der Waals surface area contributed by atoms with E-state index in [1.165, 1.54) is 0 Å². The van der Waals surface area contributed by atoms with E-state index in [1.54, 1.807) is 0 Å². The molecule has 1 aromatic heterocycles. The predicted molar refractivity (Wildman–Crippen MR) is 98.8 cm³/mol. The minimum absolute atomic E-state index is 0.00756. The summed E-state index contributed by atoms with van der Waals surface area (Å²) in [4.78, 5) is 28.8. The minimum Gasteiger partial charge on any atom is -0.466 e. The second-order valence-electron chi connectivity index (χ2n) is 6.76. The summed E-state index contributed by atoms with van der Waals surface area (Å²) >= 11 is 0. The van der Waals surface area contributed by atoms with Crippen LogP contribution in [0.1, 0.15) is 39.0 Å². The Morgan fingerprint density at radius 1 is 1.00 bits per heavy atom. The van der Waals surface area contributed by atoms with Crippen LogP contribution in [0.5, 0.6) is 0 Å². The molecule has 26 heavy (non-hydrogen) atoms. The smallest absolute Gasteiger partial charge is 0.257 e. The van der Waals surface area contributed by atoms with Crippen LogP contribution in [-0.4, -0.2) is 47.8 Å². The van der Waals surface area contributed by atoms with Crippen LogP contribution in [0.15, 0.2) is 34.7 Å². The van der Waals surface area contributed by atoms with Gasteiger partial charge in [-0.1, -0.05) is 30.3 Å². The Morgan fingerprint density at radius 3 is 2.12 bits per heavy atom. The first-order valence-electron chi connectivity index (χ1n) is 8.84. The van der Waals surface area contributed by atoms with Crippen molar-refractivity contribution in [2.75, 3.05) is 26.2 Å². The van der Waals surface area contributed by atoms with E-state index in [0.29, 0.717) is 37.5 Å². The second kappa shape index (κ2) is 7.33. The molecule has 1 atom stereocenters. The number of benzene rings is 1. The van der Waals surface area contributed by atoms with Gasteiger partial charge in [0.25, 0.3) is 5.91 Å². The van der Waals surface area contributed by atoms with Gasteiger partial charge in [-0.2, -0.15) is 0 Å². The normalized spacial score (nSPS) is 16.5. The number of amides is 2. The van der Waals surface area contributed by atoms with E-state index in [4.69, 9.17) is 10.2 Å². The number of hydrogen-bond donors (Lipinski definition) is 1. The standard InChI is InChI=1S/C20H25N3O3/c1-13-14(2)26-15(3)17(13)20(25)23-11-9-22(10-12-23)18(19(21)24)16-7-5-4-6-8-16/h4-8,18H,9-12H2,1-3H3,(H2,21,24)/t18-/m1/s1. The number of carbonyl (C=O) groups is 2. The fraction of sp³-hybridized carbons (Fsp3) is 0.400. The maximum Gasteiger partial charge on any atom is 0.257 e. The third-order valence-electron chi connectivity index (χ3n) is 5.13. The first-order chi connectivity index (χ1) is 12.4. The van der Waals surface area contributed by atoms with Crippen molar-refractivity contribution in [1.82, 2.24) is 9.80 Å². The summed E-state index contributed by atoms with van der Waals surface area (Å²) in [6.45, 7) is 7.91. The molecule has 2 aromatic rings. The number of nitrogens with zero attached hydrogens (tertiary/aromatic N) is 2. The Hall–Kier alpha value is -2.60. The highest BCUT2D eigenvalue weighted by Crippen LogP contribution is 2.25. The van der Waals surface area contributed by atoms with Gasteiger partial charge in [0.15, 0.2) is 0 Å². The highest BCUT2D eigenvalue weighted by molar-refractivity contribution is 5.97. The third kappa shape index (κ3) is 3.37. The van der Waals surface area contributed by atoms with Gasteiger partial charge in [0.1, 0.15) is 17.6 Å². The molecule has 6 heteroatoms. The summed E-state index contributed by atoms with van der Waals surface area (Å²) in [6.07, 6.45) is 0. The molecule has 2 amide bonds. The van der Waals surface area contributed by atoms with Crippen molar-refractivity contribution in [3.8, 4) is 0 Å². The van der Waals surface area contributed by atoms with E-state index in [9.17, 15) is 9.59 Å². The van der Waals surface area contributed by atoms with E-state index in [0.717, 1.165) is 16.9 Å². The number of hydrogen-bond acceptors (Lipinski definition) is 4. The van der Waals surface area contributed by atoms with Crippen LogP contribution in [0.3, 0.4) is 0 Å². The summed E-state index contributed by atoms with van der Waals surface area (Å²) in [7, 11) is 0. The average molecular weight is 355 g/mol. The molecular formula is C20H25N3O3. The number of aryl methyl sites for hydroxylation is 2. The molecule has 6 nitrogen and oxygen atoms in total. The SMILES string of the molecule is Cc1oc(C)c(C(=O)N2CCN([C@@H](C(N)=O)c3ccccc3)CC2)c1C. The maximum absolute atomic E-state index is 12.9. The number of carbonyl (C=O) groups excluding carboxylic acids is 2. The zero-order chi connectivity index (χ0) is 18.8. The molecule has 1 fully saturated rings. The Kier molecular flexibility index (Phi) is 5.13. The van der Waals surface area contributed by atoms with E-state index >= 15 is 0 Å². The molecule has 1 saturated heterocycles. The Morgan fingerprint density at radius 2 is 1.62 bits per heavy atom. The Labute approximate surface area is 153 Å². The number of rotatable bonds is 4. The van der Waals surface area contributed by atoms with Gasteiger partial charge in [0, 0.05) is 31.7 Å². The monoisotopic (exact) mass is 355 g/mol. The summed E-state index contributed by atoms with van der Waals surface area (Å²) in [5.74, 6) is 1.06. The molecule has 0 aliphatic carbocycles. The Balaban J connectivity index is 1.72. The molecule has 2 N–H and O–H groups in total. The number of piperazine rings is 1. The van der Waals surface area contributed by atoms with Crippen LogP contribution in [0.4, 0.5) is 0 Å². The van der Waals surface area contributed by atoms with Gasteiger partial charge in [-0.15, -0.1) is 0 Å². The zero-order valence-corrected chi connectivity index (χ0v) is 15.5. The van der Waals surface area contributed by atoms with Crippen LogP contribution < -0.4 is 5.73 Å². The van der Waals surface area contributed by atoms with E-state index < -0.39 is 6.04 Å². The molecule has 0 saturated carbocycles. The molecule has 0 unspecified atom stereocenters. The predicted octanol–water partition coefficient (Wildman–Crippen LogP) is 2.19. The number of nitrogens with two attached hydrogens (primary N) is 1. The highest BCUT2D eigenvalue weighted by atomic mass is 16.3. The quantitative estimate of drug-likeness (QED) is 0.912. The van der Waals surface area contributed by atoms with Crippen LogP contribution in [-0.2, 0) is 4.79 Å². The van der Waals surface area contributed by atoms with Crippen molar-refractivity contribution in [3.63, 3.8) is 0 Å². The number of primary amides is 1. The summed E-state index contributed by atoms with van der Waals surface area (Å²) in [5.41, 5.74) is 8.10. The Bertz CT molecular complexity index is 805. The molecule has 1 aromatic carbocycles. The highest BCUT2D eigenvalue weighted by Gasteiger charge is 2.32. The zero-order valence-electron chi connectivity index (χ0n) is 15.5. The lowest BCUT2D eigenvalue weighted by atomic mass is 10.0. The van der Waals surface area contributed by atoms with Gasteiger partial charge in [0.2, 0.25) is 5.91 Å². The lowest BCUT2D eigenvalue weighted by molar-refractivity contribution is -0.124. The van der Waals surface area contributed by atoms with Crippen LogP contribution in [0, 0.1) is 20.8 Å². The van der Waals surface area contributed by atoms with Crippen molar-refractivity contribution < 1.29 is 14.0 Å². The van der Waals surface area contributed by atoms with Crippen molar-refractivity contribution in [2.45, 2.75) is 26.8 Å². The van der Waals surface area contributed by atoms with Crippen molar-refractivity contribution in [2.24, 2.45) is 5.73 Å². The van der Waals surface area contributed by atoms with E-state index in [2.05, 4.69) is 0 Å². The van der Waals surface area contributed by atoms with Gasteiger partial charge in [-0.25, -0.2) is 0 Å². The van der Waals surface area contributed by atoms with Gasteiger partial charge in [-0.3, -0.25) is 14.5 Å². The topological polar surface area (TPSA) is 79.8 Å². The third-order valence-corrected chi connectivity index (χ3v) is 5.13. The minimum atomic E-state index is -0.465. The van der Waals surface area contributed by atoms with Gasteiger partial charge in [0.05, 0.1) is 5.56 Å². The van der Waals surface area contributed by atoms with Crippen LogP contribution in [0.2, 0.25) is 0 Å². The van der Waals surface area contributed by atoms with Crippen molar-refractivity contribution in [3.05, 3.63) is 58.5 Å². The summed E-state index contributed by atoms with van der Waals surface area (Å²) in [5, 5.41) is 0. The molecule has 0 spiro atoms. The van der Waals surface area contributed by atoms with Crippen molar-refractivity contribution in [1.29, 1.82) is 0 Å². The molecule has 1 aliphatic rings. The maximum atomic E-state index is 12.9. The fourth-order valence-electron chi connectivity index (χ4n) is 3.64. The second-order valence-corrected chi connectivity index (χ2v) is 6.76. The van der Waals surface area contributed by atoms with Gasteiger partial charge >= 0.3 is 0 Å². The molecule has 2 heterocycles. The van der Waals surface area contributed by atoms with Gasteiger partial charge in [-0.05, 0) is 26.3 Å². The lowest BCUT2D eigenvalue weighted by Crippen LogP contribution is -2.52. The average Bonchev–Trinajstić information content (AvgIpc) is 2.88. The fourth-order valence-corrected chi connectivity index (χ4v) is 3.64. The molecule has 0 radical (unpaired) electrons. The first-order valence-corrected chi connectivity index (χ1v) is 8.84. The van der Waals surface area contributed by atoms with E-state index in [-0.39, 0.29) is 11.8 Å². The molecule has 1 aliphatic heterocycles. The van der Waals surface area contributed by atoms with Crippen molar-refractivity contribution >= 4 is 11.8 Å². The number of furan rings is 1. The molecule has 0 bridgehead atoms. The van der Waals surface area contributed by atoms with Crippen LogP contribution >= 0.6 is 0 Å². The first kappa shape index (κ1) is 18.2. The van der Waals surface area contributed by atoms with Crippen LogP contribution in [0.25, 0.3) is 0 Å². The summed E-state index contributed by atoms with van der Waals surface area (Å²) in [6, 6.07) is 9.07.